The summed E-state index contributed by atoms with van der Waals surface area (Å²) in [6.07, 6.45) is 6.00. The first-order valence-corrected chi connectivity index (χ1v) is 11.0. The number of aromatic nitrogens is 2. The molecule has 0 spiro atoms. The van der Waals surface area contributed by atoms with Crippen molar-refractivity contribution in [2.75, 3.05) is 13.6 Å². The molecule has 32 heavy (non-hydrogen) atoms. The van der Waals surface area contributed by atoms with Crippen molar-refractivity contribution in [1.29, 1.82) is 0 Å². The Morgan fingerprint density at radius 2 is 2.09 bits per heavy atom. The molecule has 9 nitrogen and oxygen atoms in total. The van der Waals surface area contributed by atoms with E-state index in [-0.39, 0.29) is 18.2 Å². The van der Waals surface area contributed by atoms with Gasteiger partial charge in [0.15, 0.2) is 0 Å². The maximum Gasteiger partial charge on any atom is 0.306 e. The van der Waals surface area contributed by atoms with E-state index in [2.05, 4.69) is 20.7 Å². The molecule has 0 bridgehead atoms. The summed E-state index contributed by atoms with van der Waals surface area (Å²) in [4.78, 5) is 44.6. The van der Waals surface area contributed by atoms with Crippen molar-refractivity contribution in [3.8, 4) is 11.3 Å². The minimum Gasteiger partial charge on any atom is -0.481 e. The molecular formula is C23H31N5O4. The number of hydrogen-bond donors (Lipinski definition) is 4. The number of likely N-dealkylation sites (N-methyl/N-ethyl adjacent to an activating group) is 1. The van der Waals surface area contributed by atoms with Crippen LogP contribution in [-0.2, 0) is 20.8 Å². The van der Waals surface area contributed by atoms with Crippen molar-refractivity contribution in [2.24, 2.45) is 11.8 Å². The molecule has 1 aromatic carbocycles. The lowest BCUT2D eigenvalue weighted by Gasteiger charge is -2.37. The molecule has 0 unspecified atom stereocenters. The van der Waals surface area contributed by atoms with Crippen LogP contribution in [0, 0.1) is 11.8 Å². The number of benzene rings is 1. The quantitative estimate of drug-likeness (QED) is 0.471. The number of aromatic amines is 1. The number of carbonyl (C=O) groups is 3. The van der Waals surface area contributed by atoms with Crippen LogP contribution in [0.3, 0.4) is 0 Å². The van der Waals surface area contributed by atoms with Gasteiger partial charge in [0.05, 0.1) is 24.1 Å². The summed E-state index contributed by atoms with van der Waals surface area (Å²) in [5, 5.41) is 13.5. The zero-order valence-electron chi connectivity index (χ0n) is 18.5. The third-order valence-electron chi connectivity index (χ3n) is 6.01. The first kappa shape index (κ1) is 23.5. The van der Waals surface area contributed by atoms with Crippen molar-refractivity contribution in [3.63, 3.8) is 0 Å². The summed E-state index contributed by atoms with van der Waals surface area (Å²) in [5.74, 6) is -2.59. The molecular weight excluding hydrogens is 410 g/mol. The monoisotopic (exact) mass is 441 g/mol. The highest BCUT2D eigenvalue weighted by Gasteiger charge is 2.36. The SMILES string of the molecule is CNC(=O)[C@@H]1CCCNN1C(=O)[C@H](CCc1ccccc1-c1cnc[nH]1)C[C@H](C)C(=O)O. The van der Waals surface area contributed by atoms with Crippen molar-refractivity contribution in [1.82, 2.24) is 25.7 Å². The average molecular weight is 442 g/mol. The fraction of sp³-hybridized carbons (Fsp3) is 0.478. The van der Waals surface area contributed by atoms with Crippen molar-refractivity contribution >= 4 is 17.8 Å². The molecule has 172 valence electrons. The number of carbonyl (C=O) groups excluding carboxylic acids is 2. The zero-order valence-corrected chi connectivity index (χ0v) is 18.5. The van der Waals surface area contributed by atoms with Crippen LogP contribution in [-0.4, -0.2) is 57.5 Å². The first-order valence-electron chi connectivity index (χ1n) is 11.0. The van der Waals surface area contributed by atoms with E-state index in [1.165, 1.54) is 5.01 Å². The lowest BCUT2D eigenvalue weighted by molar-refractivity contribution is -0.151. The number of carboxylic acid groups (broad SMARTS) is 1. The number of carboxylic acids is 1. The number of hydrogen-bond acceptors (Lipinski definition) is 5. The van der Waals surface area contributed by atoms with E-state index in [9.17, 15) is 19.5 Å². The molecule has 0 aliphatic carbocycles. The summed E-state index contributed by atoms with van der Waals surface area (Å²) in [7, 11) is 1.55. The van der Waals surface area contributed by atoms with Gasteiger partial charge >= 0.3 is 5.97 Å². The van der Waals surface area contributed by atoms with Gasteiger partial charge < -0.3 is 15.4 Å². The number of aryl methyl sites for hydroxylation is 1. The largest absolute Gasteiger partial charge is 0.481 e. The number of aliphatic carboxylic acids is 1. The smallest absolute Gasteiger partial charge is 0.306 e. The predicted molar refractivity (Wildman–Crippen MR) is 119 cm³/mol. The minimum atomic E-state index is -0.935. The zero-order chi connectivity index (χ0) is 23.1. The normalized spacial score (nSPS) is 18.1. The Kier molecular flexibility index (Phi) is 7.99. The number of nitrogens with zero attached hydrogens (tertiary/aromatic N) is 2. The topological polar surface area (TPSA) is 127 Å². The fourth-order valence-corrected chi connectivity index (χ4v) is 4.18. The van der Waals surface area contributed by atoms with Crippen LogP contribution in [0.15, 0.2) is 36.8 Å². The first-order chi connectivity index (χ1) is 15.4. The second-order valence-electron chi connectivity index (χ2n) is 8.22. The van der Waals surface area contributed by atoms with Gasteiger partial charge in [-0.05, 0) is 37.7 Å². The van der Waals surface area contributed by atoms with E-state index < -0.39 is 23.8 Å². The van der Waals surface area contributed by atoms with Gasteiger partial charge in [-0.1, -0.05) is 31.2 Å². The number of hydrazine groups is 1. The molecule has 3 atom stereocenters. The summed E-state index contributed by atoms with van der Waals surface area (Å²) >= 11 is 0. The fourth-order valence-electron chi connectivity index (χ4n) is 4.18. The van der Waals surface area contributed by atoms with Crippen molar-refractivity contribution in [2.45, 2.75) is 45.1 Å². The Morgan fingerprint density at radius 1 is 1.31 bits per heavy atom. The Labute approximate surface area is 187 Å². The lowest BCUT2D eigenvalue weighted by atomic mass is 9.88. The molecule has 2 aromatic rings. The Morgan fingerprint density at radius 3 is 2.78 bits per heavy atom. The Hall–Kier alpha value is -3.20. The number of amides is 2. The Bertz CT molecular complexity index is 930. The molecule has 1 saturated heterocycles. The summed E-state index contributed by atoms with van der Waals surface area (Å²) in [6.45, 7) is 2.21. The minimum absolute atomic E-state index is 0.207. The van der Waals surface area contributed by atoms with E-state index >= 15 is 0 Å². The number of rotatable bonds is 9. The highest BCUT2D eigenvalue weighted by Crippen LogP contribution is 2.27. The summed E-state index contributed by atoms with van der Waals surface area (Å²) in [6, 6.07) is 7.29. The third kappa shape index (κ3) is 5.53. The average Bonchev–Trinajstić information content (AvgIpc) is 3.35. The summed E-state index contributed by atoms with van der Waals surface area (Å²) < 4.78 is 0. The van der Waals surface area contributed by atoms with Crippen LogP contribution in [0.4, 0.5) is 0 Å². The van der Waals surface area contributed by atoms with Gasteiger partial charge in [-0.25, -0.2) is 10.4 Å². The molecule has 1 aliphatic heterocycles. The molecule has 1 fully saturated rings. The van der Waals surface area contributed by atoms with Gasteiger partial charge in [0.1, 0.15) is 6.04 Å². The van der Waals surface area contributed by atoms with E-state index in [4.69, 9.17) is 0 Å². The highest BCUT2D eigenvalue weighted by molar-refractivity contribution is 5.88. The molecule has 1 aromatic heterocycles. The molecule has 4 N–H and O–H groups in total. The molecule has 1 aliphatic rings. The predicted octanol–water partition coefficient (Wildman–Crippen LogP) is 1.98. The molecule has 9 heteroatoms. The molecule has 2 amide bonds. The molecule has 2 heterocycles. The van der Waals surface area contributed by atoms with Gasteiger partial charge in [-0.15, -0.1) is 0 Å². The van der Waals surface area contributed by atoms with Gasteiger partial charge in [0.2, 0.25) is 11.8 Å². The van der Waals surface area contributed by atoms with Crippen LogP contribution in [0.2, 0.25) is 0 Å². The van der Waals surface area contributed by atoms with Crippen molar-refractivity contribution in [3.05, 3.63) is 42.4 Å². The molecule has 3 rings (SSSR count). The van der Waals surface area contributed by atoms with Gasteiger partial charge in [-0.2, -0.15) is 0 Å². The van der Waals surface area contributed by atoms with Gasteiger partial charge in [0.25, 0.3) is 0 Å². The second-order valence-corrected chi connectivity index (χ2v) is 8.22. The Balaban J connectivity index is 1.81. The van der Waals surface area contributed by atoms with Gasteiger partial charge in [-0.3, -0.25) is 19.4 Å². The lowest BCUT2D eigenvalue weighted by Crippen LogP contribution is -2.59. The maximum absolute atomic E-state index is 13.5. The maximum atomic E-state index is 13.5. The molecule has 0 radical (unpaired) electrons. The van der Waals surface area contributed by atoms with E-state index in [1.807, 2.05) is 24.3 Å². The number of nitrogens with one attached hydrogen (secondary N) is 3. The van der Waals surface area contributed by atoms with Crippen LogP contribution >= 0.6 is 0 Å². The van der Waals surface area contributed by atoms with E-state index in [0.29, 0.717) is 25.8 Å². The van der Waals surface area contributed by atoms with Gasteiger partial charge in [0, 0.05) is 25.1 Å². The van der Waals surface area contributed by atoms with E-state index in [1.54, 1.807) is 26.5 Å². The standard InChI is InChI=1S/C23H31N5O4/c1-15(23(31)32)12-17(22(30)28-20(21(29)24-2)8-5-11-27-28)10-9-16-6-3-4-7-18(16)19-13-25-14-26-19/h3-4,6-7,13-15,17,20,27H,5,8-12H2,1-2H3,(H,24,29)(H,25,26)(H,31,32)/t15-,17+,20-/m0/s1. The number of H-pyrrole nitrogens is 1. The van der Waals surface area contributed by atoms with Crippen molar-refractivity contribution < 1.29 is 19.5 Å². The highest BCUT2D eigenvalue weighted by atomic mass is 16.4. The summed E-state index contributed by atoms with van der Waals surface area (Å²) in [5.41, 5.74) is 6.00. The van der Waals surface area contributed by atoms with Crippen LogP contribution in [0.25, 0.3) is 11.3 Å². The second kappa shape index (κ2) is 10.9. The third-order valence-corrected chi connectivity index (χ3v) is 6.01. The van der Waals surface area contributed by atoms with Crippen LogP contribution in [0.1, 0.15) is 38.2 Å². The number of imidazole rings is 1. The molecule has 0 saturated carbocycles. The van der Waals surface area contributed by atoms with E-state index in [0.717, 1.165) is 23.2 Å². The van der Waals surface area contributed by atoms with Crippen LogP contribution < -0.4 is 10.7 Å². The van der Waals surface area contributed by atoms with Crippen LogP contribution in [0.5, 0.6) is 0 Å².